The van der Waals surface area contributed by atoms with Crippen LogP contribution in [-0.2, 0) is 24.1 Å². The lowest BCUT2D eigenvalue weighted by atomic mass is 9.89. The zero-order valence-corrected chi connectivity index (χ0v) is 16.3. The summed E-state index contributed by atoms with van der Waals surface area (Å²) in [5.74, 6) is -0.496. The molecule has 1 aromatic heterocycles. The smallest absolute Gasteiger partial charge is 0.320 e. The quantitative estimate of drug-likeness (QED) is 0.822. The molecule has 4 rings (SSSR count). The summed E-state index contributed by atoms with van der Waals surface area (Å²) in [6.07, 6.45) is 7.33. The average molecular weight is 387 g/mol. The van der Waals surface area contributed by atoms with Crippen molar-refractivity contribution in [2.45, 2.75) is 57.0 Å². The van der Waals surface area contributed by atoms with E-state index in [-0.39, 0.29) is 25.5 Å². The van der Waals surface area contributed by atoms with Crippen molar-refractivity contribution in [1.29, 1.82) is 0 Å². The number of rotatable bonds is 4. The van der Waals surface area contributed by atoms with Gasteiger partial charge in [-0.25, -0.2) is 4.79 Å². The third kappa shape index (κ3) is 4.14. The molecule has 3 aliphatic rings. The summed E-state index contributed by atoms with van der Waals surface area (Å²) in [7, 11) is 0. The number of amides is 2. The third-order valence-corrected chi connectivity index (χ3v) is 6.34. The highest BCUT2D eigenvalue weighted by Gasteiger charge is 2.46. The Morgan fingerprint density at radius 1 is 1.11 bits per heavy atom. The van der Waals surface area contributed by atoms with Gasteiger partial charge in [0.2, 0.25) is 0 Å². The minimum absolute atomic E-state index is 0.0829. The highest BCUT2D eigenvalue weighted by Crippen LogP contribution is 2.28. The number of aliphatic carboxylic acids is 1. The van der Waals surface area contributed by atoms with Crippen LogP contribution in [0.2, 0.25) is 0 Å². The van der Waals surface area contributed by atoms with Gasteiger partial charge in [0.1, 0.15) is 5.60 Å². The van der Waals surface area contributed by atoms with Gasteiger partial charge in [-0.2, -0.15) is 0 Å². The second kappa shape index (κ2) is 7.70. The number of aryl methyl sites for hydroxylation is 2. The molecule has 0 saturated carbocycles. The maximum Gasteiger partial charge on any atom is 0.320 e. The van der Waals surface area contributed by atoms with Crippen molar-refractivity contribution in [3.8, 4) is 0 Å². The average Bonchev–Trinajstić information content (AvgIpc) is 2.65. The van der Waals surface area contributed by atoms with Crippen LogP contribution in [0.5, 0.6) is 0 Å². The van der Waals surface area contributed by atoms with Crippen LogP contribution < -0.4 is 0 Å². The lowest BCUT2D eigenvalue weighted by Gasteiger charge is -2.48. The zero-order chi connectivity index (χ0) is 19.7. The second-order valence-corrected chi connectivity index (χ2v) is 8.68. The predicted molar refractivity (Wildman–Crippen MR) is 103 cm³/mol. The number of nitrogens with zero attached hydrogens (tertiary/aromatic N) is 3. The fraction of sp³-hybridized carbons (Fsp3) is 0.667. The highest BCUT2D eigenvalue weighted by molar-refractivity contribution is 5.77. The number of carboxylic acids is 1. The highest BCUT2D eigenvalue weighted by atomic mass is 16.4. The van der Waals surface area contributed by atoms with Crippen LogP contribution in [0.25, 0.3) is 0 Å². The van der Waals surface area contributed by atoms with E-state index in [0.29, 0.717) is 19.0 Å². The number of fused-ring (bicyclic) bond motifs is 1. The molecule has 2 N–H and O–H groups in total. The number of pyridine rings is 1. The van der Waals surface area contributed by atoms with Gasteiger partial charge in [0, 0.05) is 24.5 Å². The molecule has 0 bridgehead atoms. The van der Waals surface area contributed by atoms with Gasteiger partial charge in [0.15, 0.2) is 0 Å². The van der Waals surface area contributed by atoms with Crippen LogP contribution in [-0.4, -0.2) is 68.8 Å². The van der Waals surface area contributed by atoms with E-state index >= 15 is 0 Å². The van der Waals surface area contributed by atoms with Crippen molar-refractivity contribution in [2.75, 3.05) is 26.2 Å². The van der Waals surface area contributed by atoms with Crippen molar-refractivity contribution in [2.24, 2.45) is 5.92 Å². The number of carbonyl (C=O) groups excluding carboxylic acids is 1. The molecule has 2 fully saturated rings. The minimum Gasteiger partial charge on any atom is -0.481 e. The molecule has 0 radical (unpaired) electrons. The van der Waals surface area contributed by atoms with E-state index in [1.54, 1.807) is 4.90 Å². The number of urea groups is 1. The molecule has 0 atom stereocenters. The third-order valence-electron chi connectivity index (χ3n) is 6.34. The molecule has 2 amide bonds. The van der Waals surface area contributed by atoms with Gasteiger partial charge in [0.25, 0.3) is 0 Å². The maximum atomic E-state index is 12.6. The molecule has 1 aromatic rings. The molecule has 0 aromatic carbocycles. The monoisotopic (exact) mass is 387 g/mol. The molecule has 2 saturated heterocycles. The molecule has 7 heteroatoms. The summed E-state index contributed by atoms with van der Waals surface area (Å²) in [6, 6.07) is 4.34. The summed E-state index contributed by atoms with van der Waals surface area (Å²) < 4.78 is 0. The Balaban J connectivity index is 1.25. The Bertz CT molecular complexity index is 752. The molecule has 1 aliphatic carbocycles. The molecular weight excluding hydrogens is 358 g/mol. The number of aromatic nitrogens is 1. The van der Waals surface area contributed by atoms with E-state index in [1.165, 1.54) is 29.8 Å². The van der Waals surface area contributed by atoms with E-state index in [4.69, 9.17) is 10.1 Å². The van der Waals surface area contributed by atoms with Crippen molar-refractivity contribution in [1.82, 2.24) is 14.8 Å². The van der Waals surface area contributed by atoms with Crippen molar-refractivity contribution >= 4 is 12.0 Å². The van der Waals surface area contributed by atoms with Crippen LogP contribution in [0.4, 0.5) is 4.79 Å². The number of carboxylic acid groups (broad SMARTS) is 1. The van der Waals surface area contributed by atoms with Gasteiger partial charge in [-0.05, 0) is 62.5 Å². The van der Waals surface area contributed by atoms with Crippen molar-refractivity contribution in [3.05, 3.63) is 29.1 Å². The molecule has 7 nitrogen and oxygen atoms in total. The summed E-state index contributed by atoms with van der Waals surface area (Å²) in [4.78, 5) is 31.6. The lowest BCUT2D eigenvalue weighted by Crippen LogP contribution is -2.66. The van der Waals surface area contributed by atoms with E-state index < -0.39 is 11.6 Å². The number of aliphatic hydroxyl groups is 1. The topological polar surface area (TPSA) is 94.0 Å². The first-order chi connectivity index (χ1) is 13.4. The number of likely N-dealkylation sites (tertiary alicyclic amines) is 2. The standard InChI is InChI=1S/C21H29N3O4/c25-19(26)12-21(28)13-24(14-21)20(27)23-9-7-15(8-10-23)11-17-6-5-16-3-1-2-4-18(16)22-17/h5-6,15,28H,1-4,7-14H2,(H,25,26). The van der Waals surface area contributed by atoms with Gasteiger partial charge >= 0.3 is 12.0 Å². The van der Waals surface area contributed by atoms with Gasteiger partial charge in [-0.1, -0.05) is 6.07 Å². The summed E-state index contributed by atoms with van der Waals surface area (Å²) >= 11 is 0. The number of hydrogen-bond donors (Lipinski definition) is 2. The summed E-state index contributed by atoms with van der Waals surface area (Å²) in [6.45, 7) is 1.64. The number of carbonyl (C=O) groups is 2. The molecule has 2 aliphatic heterocycles. The Kier molecular flexibility index (Phi) is 5.27. The van der Waals surface area contributed by atoms with Crippen LogP contribution >= 0.6 is 0 Å². The SMILES string of the molecule is O=C(O)CC1(O)CN(C(=O)N2CCC(Cc3ccc4c(n3)CCCC4)CC2)C1. The Morgan fingerprint density at radius 3 is 2.54 bits per heavy atom. The molecule has 3 heterocycles. The Morgan fingerprint density at radius 2 is 1.82 bits per heavy atom. The fourth-order valence-electron chi connectivity index (χ4n) is 4.76. The fourth-order valence-corrected chi connectivity index (χ4v) is 4.76. The first-order valence-electron chi connectivity index (χ1n) is 10.4. The number of piperidine rings is 1. The van der Waals surface area contributed by atoms with Crippen LogP contribution in [0.1, 0.15) is 49.1 Å². The lowest BCUT2D eigenvalue weighted by molar-refractivity contribution is -0.150. The second-order valence-electron chi connectivity index (χ2n) is 8.68. The van der Waals surface area contributed by atoms with E-state index in [1.807, 2.05) is 4.90 Å². The summed E-state index contributed by atoms with van der Waals surface area (Å²) in [5.41, 5.74) is 2.60. The van der Waals surface area contributed by atoms with Gasteiger partial charge in [-0.3, -0.25) is 9.78 Å². The maximum absolute atomic E-state index is 12.6. The van der Waals surface area contributed by atoms with Gasteiger partial charge < -0.3 is 20.0 Å². The first kappa shape index (κ1) is 19.2. The largest absolute Gasteiger partial charge is 0.481 e. The zero-order valence-electron chi connectivity index (χ0n) is 16.3. The van der Waals surface area contributed by atoms with E-state index in [0.717, 1.165) is 32.1 Å². The van der Waals surface area contributed by atoms with Crippen molar-refractivity contribution in [3.63, 3.8) is 0 Å². The molecule has 28 heavy (non-hydrogen) atoms. The Labute approximate surface area is 165 Å². The Hall–Kier alpha value is -2.15. The minimum atomic E-state index is -1.27. The molecule has 152 valence electrons. The summed E-state index contributed by atoms with van der Waals surface area (Å²) in [5, 5.41) is 18.9. The van der Waals surface area contributed by atoms with E-state index in [9.17, 15) is 14.7 Å². The van der Waals surface area contributed by atoms with E-state index in [2.05, 4.69) is 12.1 Å². The normalized spacial score (nSPS) is 21.8. The first-order valence-corrected chi connectivity index (χ1v) is 10.4. The molecule has 0 spiro atoms. The van der Waals surface area contributed by atoms with Crippen LogP contribution in [0.3, 0.4) is 0 Å². The molecule has 0 unspecified atom stereocenters. The van der Waals surface area contributed by atoms with Gasteiger partial charge in [0.05, 0.1) is 19.5 Å². The molecular formula is C21H29N3O4. The van der Waals surface area contributed by atoms with Crippen molar-refractivity contribution < 1.29 is 19.8 Å². The van der Waals surface area contributed by atoms with Crippen LogP contribution in [0.15, 0.2) is 12.1 Å². The van der Waals surface area contributed by atoms with Crippen LogP contribution in [0, 0.1) is 5.92 Å². The predicted octanol–water partition coefficient (Wildman–Crippen LogP) is 1.86. The number of β-amino-alcohol motifs (C(OH)–C–C–N with tert-alkyl or cyclic N) is 1. The van der Waals surface area contributed by atoms with Gasteiger partial charge in [-0.15, -0.1) is 0 Å². The number of hydrogen-bond acceptors (Lipinski definition) is 4.